The van der Waals surface area contributed by atoms with Crippen LogP contribution in [0, 0.1) is 0 Å². The summed E-state index contributed by atoms with van der Waals surface area (Å²) in [5, 5.41) is 3.38. The highest BCUT2D eigenvalue weighted by Gasteiger charge is 2.33. The lowest BCUT2D eigenvalue weighted by Crippen LogP contribution is -2.47. The number of carbonyl (C=O) groups excluding carboxylic acids is 1. The Balaban J connectivity index is 1.62. The molecule has 0 radical (unpaired) electrons. The molecule has 1 N–H and O–H groups in total. The number of hydrogen-bond acceptors (Lipinski definition) is 3. The first-order chi connectivity index (χ1) is 9.34. The number of rotatable bonds is 3. The van der Waals surface area contributed by atoms with Crippen molar-refractivity contribution in [1.29, 1.82) is 0 Å². The third kappa shape index (κ3) is 2.71. The number of piperidine rings is 1. The van der Waals surface area contributed by atoms with Crippen LogP contribution < -0.4 is 5.32 Å². The molecule has 0 aromatic carbocycles. The van der Waals surface area contributed by atoms with Gasteiger partial charge in [-0.25, -0.2) is 4.79 Å². The van der Waals surface area contributed by atoms with Gasteiger partial charge in [-0.1, -0.05) is 0 Å². The fraction of sp³-hybridized carbons (Fsp3) is 0.571. The molecule has 3 heterocycles. The van der Waals surface area contributed by atoms with Crippen LogP contribution in [0.25, 0.3) is 0 Å². The molecule has 2 aliphatic heterocycles. The van der Waals surface area contributed by atoms with Gasteiger partial charge in [-0.3, -0.25) is 4.98 Å². The molecule has 19 heavy (non-hydrogen) atoms. The van der Waals surface area contributed by atoms with Gasteiger partial charge >= 0.3 is 6.03 Å². The monoisotopic (exact) mass is 260 g/mol. The minimum atomic E-state index is 0.186. The predicted octanol–water partition coefficient (Wildman–Crippen LogP) is 1.07. The molecular formula is C14H20N4O. The molecular weight excluding hydrogens is 240 g/mol. The van der Waals surface area contributed by atoms with E-state index in [0.717, 1.165) is 38.2 Å². The summed E-state index contributed by atoms with van der Waals surface area (Å²) in [4.78, 5) is 20.4. The molecule has 0 saturated carbocycles. The molecule has 2 saturated heterocycles. The Kier molecular flexibility index (Phi) is 3.64. The van der Waals surface area contributed by atoms with Gasteiger partial charge in [0.05, 0.1) is 0 Å². The van der Waals surface area contributed by atoms with E-state index in [4.69, 9.17) is 0 Å². The second-order valence-corrected chi connectivity index (χ2v) is 5.25. The van der Waals surface area contributed by atoms with E-state index in [9.17, 15) is 4.79 Å². The summed E-state index contributed by atoms with van der Waals surface area (Å²) in [6.45, 7) is 4.40. The molecule has 1 aromatic heterocycles. The SMILES string of the molecule is O=C1N(Cc2ccncc2)CCN1C1CCCNC1. The Morgan fingerprint density at radius 2 is 2.16 bits per heavy atom. The molecule has 1 unspecified atom stereocenters. The van der Waals surface area contributed by atoms with Crippen LogP contribution in [0.15, 0.2) is 24.5 Å². The molecule has 0 aliphatic carbocycles. The zero-order chi connectivity index (χ0) is 13.1. The molecule has 5 nitrogen and oxygen atoms in total. The smallest absolute Gasteiger partial charge is 0.319 e. The van der Waals surface area contributed by atoms with E-state index in [1.807, 2.05) is 21.9 Å². The number of urea groups is 1. The second kappa shape index (κ2) is 5.57. The van der Waals surface area contributed by atoms with Gasteiger partial charge in [0.2, 0.25) is 0 Å². The molecule has 102 valence electrons. The van der Waals surface area contributed by atoms with Crippen molar-refractivity contribution < 1.29 is 4.79 Å². The molecule has 0 bridgehead atoms. The number of amides is 2. The van der Waals surface area contributed by atoms with Gasteiger partial charge < -0.3 is 15.1 Å². The zero-order valence-electron chi connectivity index (χ0n) is 11.1. The van der Waals surface area contributed by atoms with Crippen LogP contribution >= 0.6 is 0 Å². The number of aromatic nitrogens is 1. The Morgan fingerprint density at radius 3 is 2.89 bits per heavy atom. The maximum absolute atomic E-state index is 12.4. The van der Waals surface area contributed by atoms with Crippen molar-refractivity contribution in [1.82, 2.24) is 20.1 Å². The maximum Gasteiger partial charge on any atom is 0.320 e. The van der Waals surface area contributed by atoms with Crippen LogP contribution in [-0.2, 0) is 6.54 Å². The lowest BCUT2D eigenvalue weighted by atomic mass is 10.1. The first-order valence-corrected chi connectivity index (χ1v) is 7.00. The van der Waals surface area contributed by atoms with E-state index < -0.39 is 0 Å². The molecule has 2 aliphatic rings. The molecule has 3 rings (SSSR count). The lowest BCUT2D eigenvalue weighted by Gasteiger charge is -2.31. The van der Waals surface area contributed by atoms with Crippen molar-refractivity contribution in [2.24, 2.45) is 0 Å². The first-order valence-electron chi connectivity index (χ1n) is 7.00. The quantitative estimate of drug-likeness (QED) is 0.884. The lowest BCUT2D eigenvalue weighted by molar-refractivity contribution is 0.166. The topological polar surface area (TPSA) is 48.5 Å². The summed E-state index contributed by atoms with van der Waals surface area (Å²) in [6.07, 6.45) is 5.85. The van der Waals surface area contributed by atoms with Crippen LogP contribution in [0.4, 0.5) is 4.79 Å². The number of nitrogens with one attached hydrogen (secondary N) is 1. The van der Waals surface area contributed by atoms with E-state index in [0.29, 0.717) is 12.6 Å². The molecule has 2 fully saturated rings. The summed E-state index contributed by atoms with van der Waals surface area (Å²) in [5.41, 5.74) is 1.15. The van der Waals surface area contributed by atoms with Crippen LogP contribution in [-0.4, -0.2) is 53.0 Å². The van der Waals surface area contributed by atoms with E-state index in [2.05, 4.69) is 10.3 Å². The van der Waals surface area contributed by atoms with Crippen molar-refractivity contribution in [3.8, 4) is 0 Å². The molecule has 0 spiro atoms. The number of pyridine rings is 1. The summed E-state index contributed by atoms with van der Waals surface area (Å²) in [6, 6.07) is 4.50. The average Bonchev–Trinajstić information content (AvgIpc) is 2.82. The van der Waals surface area contributed by atoms with E-state index in [-0.39, 0.29) is 6.03 Å². The van der Waals surface area contributed by atoms with Gasteiger partial charge in [0.1, 0.15) is 0 Å². The van der Waals surface area contributed by atoms with Gasteiger partial charge in [-0.15, -0.1) is 0 Å². The van der Waals surface area contributed by atoms with Crippen LogP contribution in [0.1, 0.15) is 18.4 Å². The molecule has 2 amide bonds. The summed E-state index contributed by atoms with van der Waals surface area (Å²) in [7, 11) is 0. The van der Waals surface area contributed by atoms with Crippen molar-refractivity contribution in [2.45, 2.75) is 25.4 Å². The minimum absolute atomic E-state index is 0.186. The fourth-order valence-corrected chi connectivity index (χ4v) is 2.89. The van der Waals surface area contributed by atoms with Gasteiger partial charge in [-0.2, -0.15) is 0 Å². The van der Waals surface area contributed by atoms with Crippen LogP contribution in [0.2, 0.25) is 0 Å². The normalized spacial score (nSPS) is 24.0. The highest BCUT2D eigenvalue weighted by atomic mass is 16.2. The second-order valence-electron chi connectivity index (χ2n) is 5.25. The third-order valence-corrected chi connectivity index (χ3v) is 3.96. The maximum atomic E-state index is 12.4. The highest BCUT2D eigenvalue weighted by molar-refractivity contribution is 5.77. The van der Waals surface area contributed by atoms with Gasteiger partial charge in [0, 0.05) is 44.6 Å². The summed E-state index contributed by atoms with van der Waals surface area (Å²) in [5.74, 6) is 0. The summed E-state index contributed by atoms with van der Waals surface area (Å²) >= 11 is 0. The van der Waals surface area contributed by atoms with E-state index in [1.165, 1.54) is 6.42 Å². The van der Waals surface area contributed by atoms with Gasteiger partial charge in [-0.05, 0) is 37.1 Å². The van der Waals surface area contributed by atoms with E-state index in [1.54, 1.807) is 12.4 Å². The van der Waals surface area contributed by atoms with Crippen LogP contribution in [0.5, 0.6) is 0 Å². The Bertz CT molecular complexity index is 430. The predicted molar refractivity (Wildman–Crippen MR) is 72.6 cm³/mol. The molecule has 1 aromatic rings. The van der Waals surface area contributed by atoms with Crippen LogP contribution in [0.3, 0.4) is 0 Å². The molecule has 5 heteroatoms. The number of carbonyl (C=O) groups is 1. The average molecular weight is 260 g/mol. The Labute approximate surface area is 113 Å². The Hall–Kier alpha value is -1.62. The third-order valence-electron chi connectivity index (χ3n) is 3.96. The molecule has 1 atom stereocenters. The summed E-state index contributed by atoms with van der Waals surface area (Å²) < 4.78 is 0. The van der Waals surface area contributed by atoms with Crippen molar-refractivity contribution in [3.63, 3.8) is 0 Å². The van der Waals surface area contributed by atoms with Crippen molar-refractivity contribution >= 4 is 6.03 Å². The van der Waals surface area contributed by atoms with Crippen molar-refractivity contribution in [3.05, 3.63) is 30.1 Å². The standard InChI is InChI=1S/C14H20N4O/c19-14-17(11-12-3-6-15-7-4-12)8-9-18(14)13-2-1-5-16-10-13/h3-4,6-7,13,16H,1-2,5,8-11H2. The number of hydrogen-bond donors (Lipinski definition) is 1. The van der Waals surface area contributed by atoms with Gasteiger partial charge in [0.25, 0.3) is 0 Å². The largest absolute Gasteiger partial charge is 0.320 e. The Morgan fingerprint density at radius 1 is 1.32 bits per heavy atom. The zero-order valence-corrected chi connectivity index (χ0v) is 11.1. The highest BCUT2D eigenvalue weighted by Crippen LogP contribution is 2.19. The van der Waals surface area contributed by atoms with Gasteiger partial charge in [0.15, 0.2) is 0 Å². The number of nitrogens with zero attached hydrogens (tertiary/aromatic N) is 3. The first kappa shape index (κ1) is 12.4. The van der Waals surface area contributed by atoms with E-state index >= 15 is 0 Å². The fourth-order valence-electron chi connectivity index (χ4n) is 2.89. The van der Waals surface area contributed by atoms with Crippen molar-refractivity contribution in [2.75, 3.05) is 26.2 Å². The minimum Gasteiger partial charge on any atom is -0.319 e.